The maximum absolute atomic E-state index is 12.7. The Morgan fingerprint density at radius 1 is 0.525 bits per heavy atom. The van der Waals surface area contributed by atoms with Gasteiger partial charge in [0.15, 0.2) is 6.10 Å². The number of aliphatic carboxylic acids is 1. The van der Waals surface area contributed by atoms with Gasteiger partial charge in [-0.15, -0.1) is 0 Å². The van der Waals surface area contributed by atoms with Gasteiger partial charge in [0, 0.05) is 12.8 Å². The summed E-state index contributed by atoms with van der Waals surface area (Å²) in [6.07, 6.45) is 49.5. The molecule has 1 N–H and O–H groups in total. The van der Waals surface area contributed by atoms with Crippen molar-refractivity contribution in [1.82, 2.24) is 0 Å². The Morgan fingerprint density at radius 3 is 1.51 bits per heavy atom. The fourth-order valence-electron chi connectivity index (χ4n) is 5.62. The first-order valence-corrected chi connectivity index (χ1v) is 22.8. The molecule has 0 spiro atoms. The van der Waals surface area contributed by atoms with Gasteiger partial charge in [0.2, 0.25) is 0 Å². The molecule has 0 fully saturated rings. The molecule has 59 heavy (non-hydrogen) atoms. The zero-order chi connectivity index (χ0) is 43.5. The van der Waals surface area contributed by atoms with Crippen LogP contribution in [0.1, 0.15) is 155 Å². The van der Waals surface area contributed by atoms with E-state index < -0.39 is 24.3 Å². The van der Waals surface area contributed by atoms with Crippen molar-refractivity contribution in [2.75, 3.05) is 47.5 Å². The molecule has 0 saturated heterocycles. The monoisotopic (exact) mass is 827 g/mol. The van der Waals surface area contributed by atoms with Crippen molar-refractivity contribution >= 4 is 17.9 Å². The first-order chi connectivity index (χ1) is 28.6. The number of esters is 2. The van der Waals surface area contributed by atoms with Crippen molar-refractivity contribution < 1.29 is 42.9 Å². The average molecular weight is 827 g/mol. The summed E-state index contributed by atoms with van der Waals surface area (Å²) in [7, 11) is 5.92. The Kier molecular flexibility index (Phi) is 38.7. The molecule has 0 aliphatic rings. The van der Waals surface area contributed by atoms with Gasteiger partial charge in [0.25, 0.3) is 6.29 Å². The lowest BCUT2D eigenvalue weighted by atomic mass is 10.1. The van der Waals surface area contributed by atoms with Crippen LogP contribution in [0.3, 0.4) is 0 Å². The van der Waals surface area contributed by atoms with Crippen molar-refractivity contribution in [2.45, 2.75) is 167 Å². The number of hydrogen-bond donors (Lipinski definition) is 1. The molecule has 0 aromatic rings. The molecule has 0 saturated carbocycles. The average Bonchev–Trinajstić information content (AvgIpc) is 3.19. The van der Waals surface area contributed by atoms with E-state index in [0.29, 0.717) is 17.4 Å². The third-order valence-electron chi connectivity index (χ3n) is 9.15. The molecule has 0 aliphatic heterocycles. The fraction of sp³-hybridized carbons (Fsp3) is 0.660. The normalized spacial score (nSPS) is 13.7. The Hall–Kier alpha value is -3.53. The molecule has 9 heteroatoms. The van der Waals surface area contributed by atoms with Crippen molar-refractivity contribution in [3.63, 3.8) is 0 Å². The standard InChI is InChI=1S/C50H83NO8/c1-6-8-10-12-14-16-18-20-21-22-23-24-25-26-27-29-30-32-34-36-38-40-47(52)57-44-46(45-58-50(49(54)55)56-43-42-51(3,4)5)59-48(53)41-39-37-35-33-31-28-19-17-15-13-11-9-7-2/h9,11,15,17-18,20,22-23,25-26,28,31,35,37,46,50H,6-8,10,12-14,16,19,21,24,27,29-30,32-34,36,38-45H2,1-5H3/p+1/b11-9-,17-15-,20-18-,23-22-,26-25-,31-28-,37-35-. The van der Waals surface area contributed by atoms with Crippen LogP contribution in [0.15, 0.2) is 85.1 Å². The maximum atomic E-state index is 12.7. The second-order valence-electron chi connectivity index (χ2n) is 16.0. The number of ether oxygens (including phenoxy) is 4. The Bertz CT molecular complexity index is 1240. The van der Waals surface area contributed by atoms with Gasteiger partial charge < -0.3 is 28.5 Å². The van der Waals surface area contributed by atoms with Gasteiger partial charge in [-0.3, -0.25) is 9.59 Å². The van der Waals surface area contributed by atoms with Crippen LogP contribution in [0, 0.1) is 0 Å². The molecular formula is C50H84NO8+. The summed E-state index contributed by atoms with van der Waals surface area (Å²) >= 11 is 0. The smallest absolute Gasteiger partial charge is 0.361 e. The van der Waals surface area contributed by atoms with Crippen molar-refractivity contribution in [3.05, 3.63) is 85.1 Å². The number of carbonyl (C=O) groups is 3. The predicted molar refractivity (Wildman–Crippen MR) is 244 cm³/mol. The van der Waals surface area contributed by atoms with E-state index in [9.17, 15) is 19.5 Å². The minimum Gasteiger partial charge on any atom is -0.477 e. The minimum absolute atomic E-state index is 0.131. The molecule has 9 nitrogen and oxygen atoms in total. The van der Waals surface area contributed by atoms with E-state index >= 15 is 0 Å². The van der Waals surface area contributed by atoms with Gasteiger partial charge in [-0.25, -0.2) is 4.79 Å². The maximum Gasteiger partial charge on any atom is 0.361 e. The van der Waals surface area contributed by atoms with Crippen molar-refractivity contribution in [1.29, 1.82) is 0 Å². The molecular weight excluding hydrogens is 743 g/mol. The van der Waals surface area contributed by atoms with E-state index in [1.807, 2.05) is 33.3 Å². The van der Waals surface area contributed by atoms with Crippen LogP contribution < -0.4 is 0 Å². The van der Waals surface area contributed by atoms with Crippen molar-refractivity contribution in [2.24, 2.45) is 0 Å². The van der Waals surface area contributed by atoms with Crippen LogP contribution >= 0.6 is 0 Å². The van der Waals surface area contributed by atoms with Gasteiger partial charge in [0.1, 0.15) is 13.2 Å². The second kappa shape index (κ2) is 41.2. The Morgan fingerprint density at radius 2 is 1.00 bits per heavy atom. The Balaban J connectivity index is 4.50. The van der Waals surface area contributed by atoms with Crippen LogP contribution in [-0.2, 0) is 33.3 Å². The van der Waals surface area contributed by atoms with Crippen LogP contribution in [0.25, 0.3) is 0 Å². The van der Waals surface area contributed by atoms with Crippen LogP contribution in [-0.4, -0.2) is 87.4 Å². The highest BCUT2D eigenvalue weighted by Gasteiger charge is 2.25. The highest BCUT2D eigenvalue weighted by Crippen LogP contribution is 2.11. The first kappa shape index (κ1) is 55.5. The Labute approximate surface area is 359 Å². The molecule has 0 aromatic carbocycles. The summed E-state index contributed by atoms with van der Waals surface area (Å²) in [4.78, 5) is 37.1. The number of unbranched alkanes of at least 4 members (excludes halogenated alkanes) is 11. The number of carboxylic acids is 1. The predicted octanol–water partition coefficient (Wildman–Crippen LogP) is 12.1. The largest absolute Gasteiger partial charge is 0.477 e. The summed E-state index contributed by atoms with van der Waals surface area (Å²) in [6.45, 7) is 4.61. The molecule has 0 aromatic heterocycles. The number of quaternary nitrogens is 1. The zero-order valence-corrected chi connectivity index (χ0v) is 37.9. The number of likely N-dealkylation sites (N-methyl/N-ethyl adjacent to an activating group) is 1. The van der Waals surface area contributed by atoms with E-state index in [-0.39, 0.29) is 38.6 Å². The molecule has 0 rings (SSSR count). The highest BCUT2D eigenvalue weighted by atomic mass is 16.7. The van der Waals surface area contributed by atoms with E-state index in [0.717, 1.165) is 70.6 Å². The number of nitrogens with zero attached hydrogens (tertiary/aromatic N) is 1. The van der Waals surface area contributed by atoms with E-state index in [2.05, 4.69) is 86.8 Å². The molecule has 336 valence electrons. The lowest BCUT2D eigenvalue weighted by molar-refractivity contribution is -0.870. The van der Waals surface area contributed by atoms with Gasteiger partial charge in [-0.2, -0.15) is 0 Å². The van der Waals surface area contributed by atoms with Gasteiger partial charge in [0.05, 0.1) is 34.4 Å². The van der Waals surface area contributed by atoms with E-state index in [4.69, 9.17) is 18.9 Å². The summed E-state index contributed by atoms with van der Waals surface area (Å²) in [5.74, 6) is -2.15. The summed E-state index contributed by atoms with van der Waals surface area (Å²) < 4.78 is 22.6. The lowest BCUT2D eigenvalue weighted by Crippen LogP contribution is -2.40. The van der Waals surface area contributed by atoms with Crippen LogP contribution in [0.4, 0.5) is 0 Å². The highest BCUT2D eigenvalue weighted by molar-refractivity contribution is 5.71. The molecule has 0 bridgehead atoms. The first-order valence-electron chi connectivity index (χ1n) is 22.8. The number of hydrogen-bond acceptors (Lipinski definition) is 7. The molecule has 0 radical (unpaired) electrons. The lowest BCUT2D eigenvalue weighted by Gasteiger charge is -2.25. The topological polar surface area (TPSA) is 108 Å². The molecule has 0 aliphatic carbocycles. The number of rotatable bonds is 40. The second-order valence-corrected chi connectivity index (χ2v) is 16.0. The van der Waals surface area contributed by atoms with Crippen LogP contribution in [0.2, 0.25) is 0 Å². The van der Waals surface area contributed by atoms with Gasteiger partial charge in [-0.05, 0) is 77.0 Å². The van der Waals surface area contributed by atoms with E-state index in [1.54, 1.807) is 0 Å². The van der Waals surface area contributed by atoms with E-state index in [1.165, 1.54) is 51.4 Å². The number of carboxylic acid groups (broad SMARTS) is 1. The molecule has 2 atom stereocenters. The molecule has 0 amide bonds. The summed E-state index contributed by atoms with van der Waals surface area (Å²) in [6, 6.07) is 0. The number of carbonyl (C=O) groups excluding carboxylic acids is 2. The molecule has 2 unspecified atom stereocenters. The van der Waals surface area contributed by atoms with Gasteiger partial charge in [-0.1, -0.05) is 150 Å². The third kappa shape index (κ3) is 42.4. The van der Waals surface area contributed by atoms with Crippen molar-refractivity contribution in [3.8, 4) is 0 Å². The SMILES string of the molecule is CC/C=C\C/C=C\C/C=C\C/C=C\CCC(=O)OC(COC(=O)CCCCCCCC/C=C\C/C=C\C/C=C\CCCCCCC)COC(OCC[N+](C)(C)C)C(=O)O. The van der Waals surface area contributed by atoms with Gasteiger partial charge >= 0.3 is 17.9 Å². The third-order valence-corrected chi connectivity index (χ3v) is 9.15. The number of allylic oxidation sites excluding steroid dienone is 14. The zero-order valence-electron chi connectivity index (χ0n) is 37.9. The fourth-order valence-corrected chi connectivity index (χ4v) is 5.62. The summed E-state index contributed by atoms with van der Waals surface area (Å²) in [5, 5.41) is 9.62. The quantitative estimate of drug-likeness (QED) is 0.0214. The molecule has 0 heterocycles. The summed E-state index contributed by atoms with van der Waals surface area (Å²) in [5.41, 5.74) is 0. The van der Waals surface area contributed by atoms with Crippen LogP contribution in [0.5, 0.6) is 0 Å². The minimum atomic E-state index is -1.53.